The molecule has 0 aromatic heterocycles. The summed E-state index contributed by atoms with van der Waals surface area (Å²) in [7, 11) is 0. The predicted molar refractivity (Wildman–Crippen MR) is 114 cm³/mol. The first-order valence-electron chi connectivity index (χ1n) is 11.5. The lowest BCUT2D eigenvalue weighted by molar-refractivity contribution is 0.143. The van der Waals surface area contributed by atoms with Crippen molar-refractivity contribution in [2.45, 2.75) is 63.2 Å². The zero-order valence-corrected chi connectivity index (χ0v) is 17.4. The van der Waals surface area contributed by atoms with Crippen LogP contribution in [0.5, 0.6) is 5.75 Å². The number of rotatable bonds is 6. The molecule has 162 valence electrons. The fraction of sp³-hybridized carbons (Fsp3) is 0.625. The average Bonchev–Trinajstić information content (AvgIpc) is 3.15. The number of hydrogen-bond donors (Lipinski definition) is 2. The maximum Gasteiger partial charge on any atom is 0.295 e. The van der Waals surface area contributed by atoms with Gasteiger partial charge in [-0.25, -0.2) is 0 Å². The van der Waals surface area contributed by atoms with Crippen LogP contribution in [-0.2, 0) is 4.74 Å². The largest absolute Gasteiger partial charge is 0.490 e. The Hall–Kier alpha value is -2.05. The van der Waals surface area contributed by atoms with Crippen LogP contribution in [0.2, 0.25) is 0 Å². The highest BCUT2D eigenvalue weighted by Crippen LogP contribution is 2.49. The molecule has 1 saturated heterocycles. The van der Waals surface area contributed by atoms with Gasteiger partial charge in [0.05, 0.1) is 6.54 Å². The molecule has 2 N–H and O–H groups in total. The van der Waals surface area contributed by atoms with Crippen molar-refractivity contribution in [3.05, 3.63) is 41.6 Å². The summed E-state index contributed by atoms with van der Waals surface area (Å²) < 4.78 is 11.9. The lowest BCUT2D eigenvalue weighted by atomic mass is 9.62. The molecule has 2 aliphatic carbocycles. The molecule has 2 bridgehead atoms. The van der Waals surface area contributed by atoms with Crippen LogP contribution in [0.4, 0.5) is 0 Å². The topological polar surface area (TPSA) is 74.5 Å². The Morgan fingerprint density at radius 2 is 1.77 bits per heavy atom. The van der Waals surface area contributed by atoms with Crippen molar-refractivity contribution in [3.8, 4) is 5.75 Å². The maximum absolute atomic E-state index is 9.86. The second-order valence-electron chi connectivity index (χ2n) is 9.10. The monoisotopic (exact) mass is 412 g/mol. The Labute approximate surface area is 178 Å². The lowest BCUT2D eigenvalue weighted by Crippen LogP contribution is -2.31. The summed E-state index contributed by atoms with van der Waals surface area (Å²) in [5.74, 6) is 3.33. The van der Waals surface area contributed by atoms with Crippen LogP contribution < -0.4 is 4.74 Å². The van der Waals surface area contributed by atoms with Crippen LogP contribution in [0.15, 0.2) is 41.0 Å². The molecule has 0 radical (unpaired) electrons. The third kappa shape index (κ3) is 3.95. The molecule has 6 heteroatoms. The van der Waals surface area contributed by atoms with Crippen molar-refractivity contribution in [2.24, 2.45) is 16.8 Å². The second kappa shape index (κ2) is 8.60. The number of ether oxygens (including phenoxy) is 2. The molecular formula is C24H32N2O4. The molecule has 2 saturated carbocycles. The molecule has 3 fully saturated rings. The Morgan fingerprint density at radius 1 is 1.07 bits per heavy atom. The van der Waals surface area contributed by atoms with Crippen molar-refractivity contribution in [1.82, 2.24) is 4.90 Å². The van der Waals surface area contributed by atoms with Crippen LogP contribution in [0, 0.1) is 11.8 Å². The van der Waals surface area contributed by atoms with Gasteiger partial charge in [0.15, 0.2) is 12.3 Å². The van der Waals surface area contributed by atoms with E-state index in [4.69, 9.17) is 9.47 Å². The normalized spacial score (nSPS) is 32.7. The molecule has 2 heterocycles. The van der Waals surface area contributed by atoms with E-state index in [9.17, 15) is 10.2 Å². The van der Waals surface area contributed by atoms with Crippen molar-refractivity contribution in [1.29, 1.82) is 0 Å². The number of hydrogen-bond acceptors (Lipinski definition) is 6. The van der Waals surface area contributed by atoms with Gasteiger partial charge < -0.3 is 19.7 Å². The summed E-state index contributed by atoms with van der Waals surface area (Å²) in [6.07, 6.45) is 9.42. The van der Waals surface area contributed by atoms with E-state index in [1.165, 1.54) is 44.1 Å². The number of benzene rings is 1. The van der Waals surface area contributed by atoms with E-state index in [-0.39, 0.29) is 12.7 Å². The van der Waals surface area contributed by atoms with Gasteiger partial charge in [-0.1, -0.05) is 25.0 Å². The van der Waals surface area contributed by atoms with Gasteiger partial charge in [-0.05, 0) is 67.2 Å². The quantitative estimate of drug-likeness (QED) is 0.749. The molecular weight excluding hydrogens is 380 g/mol. The number of fused-ring (bicyclic) bond motifs is 3. The molecule has 2 unspecified atom stereocenters. The van der Waals surface area contributed by atoms with Crippen LogP contribution in [-0.4, -0.2) is 53.2 Å². The van der Waals surface area contributed by atoms with E-state index in [0.717, 1.165) is 29.2 Å². The minimum atomic E-state index is -0.913. The lowest BCUT2D eigenvalue weighted by Gasteiger charge is -2.43. The van der Waals surface area contributed by atoms with E-state index in [2.05, 4.69) is 29.3 Å². The van der Waals surface area contributed by atoms with Gasteiger partial charge in [-0.15, -0.1) is 0 Å². The number of aliphatic hydroxyl groups excluding tert-OH is 2. The van der Waals surface area contributed by atoms with Crippen LogP contribution in [0.1, 0.15) is 56.4 Å². The minimum absolute atomic E-state index is 0.0263. The van der Waals surface area contributed by atoms with Crippen LogP contribution in [0.25, 0.3) is 0 Å². The van der Waals surface area contributed by atoms with Crippen molar-refractivity contribution < 1.29 is 19.7 Å². The predicted octanol–water partition coefficient (Wildman–Crippen LogP) is 3.40. The number of nitrogens with zero attached hydrogens (tertiary/aromatic N) is 2. The number of aliphatic hydroxyl groups is 2. The smallest absolute Gasteiger partial charge is 0.295 e. The van der Waals surface area contributed by atoms with Crippen molar-refractivity contribution >= 4 is 6.02 Å². The Balaban J connectivity index is 1.19. The molecule has 4 aliphatic rings. The summed E-state index contributed by atoms with van der Waals surface area (Å²) >= 11 is 0. The van der Waals surface area contributed by atoms with Gasteiger partial charge in [0.2, 0.25) is 0 Å². The Bertz CT molecular complexity index is 784. The van der Waals surface area contributed by atoms with E-state index >= 15 is 0 Å². The molecule has 30 heavy (non-hydrogen) atoms. The fourth-order valence-corrected chi connectivity index (χ4v) is 5.90. The fourth-order valence-electron chi connectivity index (χ4n) is 5.90. The summed E-state index contributed by atoms with van der Waals surface area (Å²) in [6, 6.07) is 9.14. The third-order valence-corrected chi connectivity index (χ3v) is 7.20. The van der Waals surface area contributed by atoms with Crippen molar-refractivity contribution in [2.75, 3.05) is 19.8 Å². The summed E-state index contributed by atoms with van der Waals surface area (Å²) in [5.41, 5.74) is 2.33. The highest BCUT2D eigenvalue weighted by atomic mass is 16.6. The molecule has 1 aromatic rings. The van der Waals surface area contributed by atoms with E-state index in [1.807, 2.05) is 4.90 Å². The summed E-state index contributed by atoms with van der Waals surface area (Å²) in [4.78, 5) is 6.05. The molecule has 6 nitrogen and oxygen atoms in total. The average molecular weight is 413 g/mol. The van der Waals surface area contributed by atoms with Gasteiger partial charge in [0.1, 0.15) is 12.4 Å². The molecule has 1 aromatic carbocycles. The molecule has 2 atom stereocenters. The first-order valence-corrected chi connectivity index (χ1v) is 11.5. The zero-order chi connectivity index (χ0) is 20.5. The van der Waals surface area contributed by atoms with Gasteiger partial charge >= 0.3 is 0 Å². The first-order chi connectivity index (χ1) is 14.7. The van der Waals surface area contributed by atoms with Crippen LogP contribution >= 0.6 is 0 Å². The van der Waals surface area contributed by atoms with E-state index in [0.29, 0.717) is 25.6 Å². The minimum Gasteiger partial charge on any atom is -0.490 e. The third-order valence-electron chi connectivity index (χ3n) is 7.20. The molecule has 2 aliphatic heterocycles. The first kappa shape index (κ1) is 19.9. The van der Waals surface area contributed by atoms with Gasteiger partial charge in [-0.2, -0.15) is 4.99 Å². The molecule has 0 amide bonds. The summed E-state index contributed by atoms with van der Waals surface area (Å²) in [5, 5.41) is 19.1. The molecule has 0 spiro atoms. The number of aliphatic imine (C=N–C) groups is 1. The van der Waals surface area contributed by atoms with Crippen LogP contribution in [0.3, 0.4) is 0 Å². The standard InChI is InChI=1S/C24H32N2O4/c27-12-11-19-13-22(28)25-24-26(19)14-21(30-24)15-29-20-9-7-18(8-10-20)23-16-3-1-4-17(23)6-2-5-16/h7-10,13,16-17,21-23,27-28H,1-6,11-12,14-15H2. The van der Waals surface area contributed by atoms with E-state index < -0.39 is 6.23 Å². The number of amidine groups is 1. The van der Waals surface area contributed by atoms with Gasteiger partial charge in [0, 0.05) is 18.7 Å². The summed E-state index contributed by atoms with van der Waals surface area (Å²) in [6.45, 7) is 1.06. The SMILES string of the molecule is OCCC1=CC(O)N=C2OC(COc3ccc(C4C5CCCC4CCC5)cc3)CN12. The van der Waals surface area contributed by atoms with Gasteiger partial charge in [0.25, 0.3) is 6.02 Å². The van der Waals surface area contributed by atoms with Gasteiger partial charge in [-0.3, -0.25) is 4.90 Å². The van der Waals surface area contributed by atoms with E-state index in [1.54, 1.807) is 6.08 Å². The molecule has 5 rings (SSSR count). The Kier molecular flexibility index (Phi) is 5.70. The second-order valence-corrected chi connectivity index (χ2v) is 9.10. The van der Waals surface area contributed by atoms with Crippen molar-refractivity contribution in [3.63, 3.8) is 0 Å². The zero-order valence-electron chi connectivity index (χ0n) is 17.4. The highest BCUT2D eigenvalue weighted by Gasteiger charge is 2.37. The highest BCUT2D eigenvalue weighted by molar-refractivity contribution is 5.79. The maximum atomic E-state index is 9.86. The Morgan fingerprint density at radius 3 is 2.43 bits per heavy atom.